The summed E-state index contributed by atoms with van der Waals surface area (Å²) in [5, 5.41) is 18.8. The number of aryl methyl sites for hydroxylation is 1. The zero-order chi connectivity index (χ0) is 20.8. The number of hydrogen-bond acceptors (Lipinski definition) is 6. The summed E-state index contributed by atoms with van der Waals surface area (Å²) in [6.45, 7) is 3.81. The first-order valence-electron chi connectivity index (χ1n) is 8.78. The molecule has 0 saturated heterocycles. The minimum atomic E-state index is -0.341. The van der Waals surface area contributed by atoms with Crippen molar-refractivity contribution in [1.29, 1.82) is 5.26 Å². The summed E-state index contributed by atoms with van der Waals surface area (Å²) in [4.78, 5) is 16.6. The summed E-state index contributed by atoms with van der Waals surface area (Å²) >= 11 is 3.36. The average Bonchev–Trinajstić information content (AvgIpc) is 3.14. The number of rotatable bonds is 7. The normalized spacial score (nSPS) is 10.3. The zero-order valence-electron chi connectivity index (χ0n) is 15.8. The molecule has 2 aromatic carbocycles. The van der Waals surface area contributed by atoms with E-state index in [0.717, 1.165) is 5.56 Å². The van der Waals surface area contributed by atoms with E-state index in [9.17, 15) is 4.79 Å². The van der Waals surface area contributed by atoms with E-state index in [4.69, 9.17) is 14.7 Å². The zero-order valence-corrected chi connectivity index (χ0v) is 17.4. The van der Waals surface area contributed by atoms with Crippen molar-refractivity contribution < 1.29 is 14.3 Å². The third kappa shape index (κ3) is 5.12. The number of carbonyl (C=O) groups excluding carboxylic acids is 1. The molecule has 9 heteroatoms. The maximum atomic E-state index is 12.4. The first-order valence-corrected chi connectivity index (χ1v) is 9.58. The smallest absolute Gasteiger partial charge is 0.262 e. The fraction of sp³-hybridized carbons (Fsp3) is 0.200. The van der Waals surface area contributed by atoms with Gasteiger partial charge in [-0.2, -0.15) is 10.4 Å². The molecule has 0 aliphatic heterocycles. The summed E-state index contributed by atoms with van der Waals surface area (Å²) in [5.41, 5.74) is 1.81. The molecule has 0 aliphatic rings. The molecule has 0 saturated carbocycles. The Morgan fingerprint density at radius 3 is 2.83 bits per heavy atom. The monoisotopic (exact) mass is 455 g/mol. The Hall–Kier alpha value is -3.38. The predicted octanol–water partition coefficient (Wildman–Crippen LogP) is 3.83. The van der Waals surface area contributed by atoms with Crippen molar-refractivity contribution in [1.82, 2.24) is 15.2 Å². The summed E-state index contributed by atoms with van der Waals surface area (Å²) in [6.07, 6.45) is 0. The van der Waals surface area contributed by atoms with Crippen molar-refractivity contribution >= 4 is 27.5 Å². The molecule has 3 rings (SSSR count). The van der Waals surface area contributed by atoms with Crippen LogP contribution in [0.2, 0.25) is 0 Å². The molecule has 0 atom stereocenters. The molecular weight excluding hydrogens is 438 g/mol. The number of nitriles is 1. The Bertz CT molecular complexity index is 1070. The number of amides is 1. The van der Waals surface area contributed by atoms with Gasteiger partial charge in [-0.05, 0) is 48.0 Å². The summed E-state index contributed by atoms with van der Waals surface area (Å²) in [6, 6.07) is 12.5. The molecular formula is C20H18BrN5O3. The van der Waals surface area contributed by atoms with Gasteiger partial charge in [-0.3, -0.25) is 9.89 Å². The highest BCUT2D eigenvalue weighted by Crippen LogP contribution is 2.36. The van der Waals surface area contributed by atoms with E-state index >= 15 is 0 Å². The van der Waals surface area contributed by atoms with Crippen molar-refractivity contribution in [3.05, 3.63) is 52.3 Å². The SMILES string of the molecule is CCOc1cc(C#N)cc(Br)c1OCC(=O)Nc1cccc(-c2n[nH]c(C)n2)c1. The topological polar surface area (TPSA) is 113 Å². The van der Waals surface area contributed by atoms with Gasteiger partial charge >= 0.3 is 0 Å². The van der Waals surface area contributed by atoms with E-state index in [2.05, 4.69) is 42.5 Å². The first kappa shape index (κ1) is 20.4. The quantitative estimate of drug-likeness (QED) is 0.559. The Morgan fingerprint density at radius 1 is 1.31 bits per heavy atom. The van der Waals surface area contributed by atoms with Gasteiger partial charge in [0.1, 0.15) is 5.82 Å². The highest BCUT2D eigenvalue weighted by atomic mass is 79.9. The van der Waals surface area contributed by atoms with E-state index in [-0.39, 0.29) is 12.5 Å². The van der Waals surface area contributed by atoms with E-state index in [0.29, 0.717) is 45.5 Å². The van der Waals surface area contributed by atoms with Crippen LogP contribution in [0.5, 0.6) is 11.5 Å². The molecule has 3 aromatic rings. The second-order valence-corrected chi connectivity index (χ2v) is 6.85. The molecule has 2 N–H and O–H groups in total. The number of aromatic nitrogens is 3. The number of ether oxygens (including phenoxy) is 2. The molecule has 0 aliphatic carbocycles. The van der Waals surface area contributed by atoms with Crippen LogP contribution < -0.4 is 14.8 Å². The number of aromatic amines is 1. The minimum absolute atomic E-state index is 0.228. The van der Waals surface area contributed by atoms with E-state index in [1.807, 2.05) is 26.0 Å². The molecule has 0 fully saturated rings. The van der Waals surface area contributed by atoms with Crippen LogP contribution in [0.3, 0.4) is 0 Å². The molecule has 1 amide bonds. The summed E-state index contributed by atoms with van der Waals surface area (Å²) in [5.74, 6) is 1.69. The van der Waals surface area contributed by atoms with Gasteiger partial charge < -0.3 is 14.8 Å². The number of carbonyl (C=O) groups is 1. The van der Waals surface area contributed by atoms with Crippen LogP contribution in [0, 0.1) is 18.3 Å². The van der Waals surface area contributed by atoms with Crippen molar-refractivity contribution in [3.63, 3.8) is 0 Å². The largest absolute Gasteiger partial charge is 0.490 e. The number of anilines is 1. The second-order valence-electron chi connectivity index (χ2n) is 5.99. The maximum absolute atomic E-state index is 12.4. The number of nitrogens with zero attached hydrogens (tertiary/aromatic N) is 3. The predicted molar refractivity (Wildman–Crippen MR) is 111 cm³/mol. The molecule has 1 heterocycles. The Labute approximate surface area is 176 Å². The number of benzene rings is 2. The van der Waals surface area contributed by atoms with Crippen molar-refractivity contribution in [2.45, 2.75) is 13.8 Å². The van der Waals surface area contributed by atoms with Crippen LogP contribution in [0.25, 0.3) is 11.4 Å². The van der Waals surface area contributed by atoms with Crippen molar-refractivity contribution in [2.24, 2.45) is 0 Å². The lowest BCUT2D eigenvalue weighted by Gasteiger charge is -2.14. The van der Waals surface area contributed by atoms with Crippen LogP contribution in [-0.2, 0) is 4.79 Å². The summed E-state index contributed by atoms with van der Waals surface area (Å²) < 4.78 is 11.7. The van der Waals surface area contributed by atoms with Gasteiger partial charge in [0.2, 0.25) is 0 Å². The van der Waals surface area contributed by atoms with Gasteiger partial charge in [0.25, 0.3) is 5.91 Å². The number of hydrogen-bond donors (Lipinski definition) is 2. The number of halogens is 1. The Kier molecular flexibility index (Phi) is 6.46. The van der Waals surface area contributed by atoms with Crippen LogP contribution in [0.4, 0.5) is 5.69 Å². The molecule has 0 unspecified atom stereocenters. The average molecular weight is 456 g/mol. The lowest BCUT2D eigenvalue weighted by Crippen LogP contribution is -2.20. The molecule has 0 radical (unpaired) electrons. The Morgan fingerprint density at radius 2 is 2.14 bits per heavy atom. The van der Waals surface area contributed by atoms with Gasteiger partial charge in [0, 0.05) is 17.3 Å². The molecule has 148 valence electrons. The van der Waals surface area contributed by atoms with Gasteiger partial charge in [-0.15, -0.1) is 0 Å². The minimum Gasteiger partial charge on any atom is -0.490 e. The molecule has 0 bridgehead atoms. The standard InChI is InChI=1S/C20H18BrN5O3/c1-3-28-17-8-13(10-22)7-16(21)19(17)29-11-18(27)24-15-6-4-5-14(9-15)20-23-12(2)25-26-20/h4-9H,3,11H2,1-2H3,(H,24,27)(H,23,25,26). The lowest BCUT2D eigenvalue weighted by molar-refractivity contribution is -0.118. The number of H-pyrrole nitrogens is 1. The Balaban J connectivity index is 1.69. The fourth-order valence-electron chi connectivity index (χ4n) is 2.58. The van der Waals surface area contributed by atoms with Crippen molar-refractivity contribution in [3.8, 4) is 29.0 Å². The summed E-state index contributed by atoms with van der Waals surface area (Å²) in [7, 11) is 0. The van der Waals surface area contributed by atoms with Gasteiger partial charge in [-0.25, -0.2) is 4.98 Å². The molecule has 1 aromatic heterocycles. The highest BCUT2D eigenvalue weighted by Gasteiger charge is 2.14. The van der Waals surface area contributed by atoms with Crippen LogP contribution >= 0.6 is 15.9 Å². The third-order valence-corrected chi connectivity index (χ3v) is 4.38. The van der Waals surface area contributed by atoms with Gasteiger partial charge in [-0.1, -0.05) is 12.1 Å². The molecule has 29 heavy (non-hydrogen) atoms. The number of nitrogens with one attached hydrogen (secondary N) is 2. The molecule has 8 nitrogen and oxygen atoms in total. The second kappa shape index (κ2) is 9.21. The van der Waals surface area contributed by atoms with Gasteiger partial charge in [0.15, 0.2) is 23.9 Å². The van der Waals surface area contributed by atoms with Crippen molar-refractivity contribution in [2.75, 3.05) is 18.5 Å². The third-order valence-electron chi connectivity index (χ3n) is 3.79. The highest BCUT2D eigenvalue weighted by molar-refractivity contribution is 9.10. The van der Waals surface area contributed by atoms with Crippen LogP contribution in [0.15, 0.2) is 40.9 Å². The maximum Gasteiger partial charge on any atom is 0.262 e. The van der Waals surface area contributed by atoms with E-state index in [1.165, 1.54) is 0 Å². The van der Waals surface area contributed by atoms with Crippen LogP contribution in [-0.4, -0.2) is 34.3 Å². The first-order chi connectivity index (χ1) is 14.0. The lowest BCUT2D eigenvalue weighted by atomic mass is 10.2. The van der Waals surface area contributed by atoms with Crippen LogP contribution in [0.1, 0.15) is 18.3 Å². The van der Waals surface area contributed by atoms with E-state index in [1.54, 1.807) is 24.3 Å². The van der Waals surface area contributed by atoms with E-state index < -0.39 is 0 Å². The fourth-order valence-corrected chi connectivity index (χ4v) is 3.13. The van der Waals surface area contributed by atoms with Gasteiger partial charge in [0.05, 0.1) is 22.7 Å². The molecule has 0 spiro atoms.